The van der Waals surface area contributed by atoms with Crippen molar-refractivity contribution >= 4 is 12.6 Å². The molecule has 0 unspecified atom stereocenters. The van der Waals surface area contributed by atoms with Crippen LogP contribution in [0.5, 0.6) is 0 Å². The molecular formula is C11H22O10. The van der Waals surface area contributed by atoms with Gasteiger partial charge in [0.1, 0.15) is 36.6 Å². The van der Waals surface area contributed by atoms with Crippen LogP contribution in [0.4, 0.5) is 0 Å². The van der Waals surface area contributed by atoms with Crippen LogP contribution in [0.3, 0.4) is 0 Å². The third-order valence-electron chi connectivity index (χ3n) is 2.40. The van der Waals surface area contributed by atoms with E-state index < -0.39 is 49.3 Å². The second-order valence-corrected chi connectivity index (χ2v) is 4.22. The van der Waals surface area contributed by atoms with Gasteiger partial charge < -0.3 is 50.4 Å². The summed E-state index contributed by atoms with van der Waals surface area (Å²) in [5, 5.41) is 69.2. The van der Waals surface area contributed by atoms with E-state index in [1.165, 1.54) is 6.92 Å². The topological polar surface area (TPSA) is 196 Å². The van der Waals surface area contributed by atoms with E-state index in [1.54, 1.807) is 0 Å². The largest absolute Gasteiger partial charge is 0.394 e. The summed E-state index contributed by atoms with van der Waals surface area (Å²) >= 11 is 0. The number of carbonyl (C=O) groups is 2. The Bertz CT molecular complexity index is 284. The standard InChI is InChI=1S/C6H12O5.C5H10O5/c1-3(8)5(10)6(11)4(9)2-7;6-1-3(8)5(10)4(9)2-7/h2-6,8-11H,1H3;1,3-5,7-10H,2H2/t3-,4+,5+,6-;3-,4-,5+/m00/s1. The number of aliphatic hydroxyl groups is 8. The van der Waals surface area contributed by atoms with Gasteiger partial charge in [0.05, 0.1) is 12.7 Å². The minimum atomic E-state index is -1.65. The molecule has 126 valence electrons. The number of hydrogen-bond donors (Lipinski definition) is 8. The van der Waals surface area contributed by atoms with E-state index in [0.29, 0.717) is 0 Å². The summed E-state index contributed by atoms with van der Waals surface area (Å²) in [5.41, 5.74) is 0. The Balaban J connectivity index is 0. The lowest BCUT2D eigenvalue weighted by Gasteiger charge is -2.21. The predicted molar refractivity (Wildman–Crippen MR) is 66.9 cm³/mol. The van der Waals surface area contributed by atoms with E-state index in [2.05, 4.69) is 0 Å². The molecule has 0 aromatic carbocycles. The van der Waals surface area contributed by atoms with Crippen molar-refractivity contribution in [3.63, 3.8) is 0 Å². The molecule has 0 saturated heterocycles. The normalized spacial score (nSPS) is 20.8. The number of aliphatic hydroxyl groups excluding tert-OH is 8. The van der Waals surface area contributed by atoms with E-state index in [1.807, 2.05) is 0 Å². The Morgan fingerprint density at radius 3 is 1.43 bits per heavy atom. The Morgan fingerprint density at radius 2 is 1.14 bits per heavy atom. The molecule has 10 nitrogen and oxygen atoms in total. The van der Waals surface area contributed by atoms with Gasteiger partial charge in [0.2, 0.25) is 0 Å². The van der Waals surface area contributed by atoms with Crippen molar-refractivity contribution in [2.24, 2.45) is 0 Å². The average Bonchev–Trinajstić information content (AvgIpc) is 2.50. The van der Waals surface area contributed by atoms with Crippen LogP contribution in [-0.4, -0.2) is 103 Å². The number of rotatable bonds is 8. The second-order valence-electron chi connectivity index (χ2n) is 4.22. The third-order valence-corrected chi connectivity index (χ3v) is 2.40. The third kappa shape index (κ3) is 8.80. The van der Waals surface area contributed by atoms with Gasteiger partial charge in [0.15, 0.2) is 12.6 Å². The van der Waals surface area contributed by atoms with Crippen LogP contribution in [0.2, 0.25) is 0 Å². The van der Waals surface area contributed by atoms with Crippen LogP contribution in [0.15, 0.2) is 0 Å². The summed E-state index contributed by atoms with van der Waals surface area (Å²) < 4.78 is 0. The first-order chi connectivity index (χ1) is 9.63. The van der Waals surface area contributed by atoms with Gasteiger partial charge in [-0.1, -0.05) is 0 Å². The first-order valence-corrected chi connectivity index (χ1v) is 5.91. The molecule has 0 aliphatic carbocycles. The smallest absolute Gasteiger partial charge is 0.151 e. The molecule has 10 heteroatoms. The lowest BCUT2D eigenvalue weighted by molar-refractivity contribution is -0.132. The van der Waals surface area contributed by atoms with Gasteiger partial charge in [-0.05, 0) is 6.92 Å². The van der Waals surface area contributed by atoms with Gasteiger partial charge in [-0.3, -0.25) is 0 Å². The van der Waals surface area contributed by atoms with Crippen molar-refractivity contribution in [3.8, 4) is 0 Å². The minimum absolute atomic E-state index is 0.0869. The van der Waals surface area contributed by atoms with Crippen LogP contribution in [0.25, 0.3) is 0 Å². The minimum Gasteiger partial charge on any atom is -0.394 e. The van der Waals surface area contributed by atoms with Crippen LogP contribution >= 0.6 is 0 Å². The summed E-state index contributed by atoms with van der Waals surface area (Å²) in [5.74, 6) is 0. The lowest BCUT2D eigenvalue weighted by Crippen LogP contribution is -2.43. The Labute approximate surface area is 120 Å². The molecule has 0 aromatic heterocycles. The van der Waals surface area contributed by atoms with Gasteiger partial charge in [-0.15, -0.1) is 0 Å². The molecule has 0 amide bonds. The fourth-order valence-corrected chi connectivity index (χ4v) is 0.984. The fourth-order valence-electron chi connectivity index (χ4n) is 0.984. The Morgan fingerprint density at radius 1 is 0.762 bits per heavy atom. The van der Waals surface area contributed by atoms with Gasteiger partial charge >= 0.3 is 0 Å². The molecule has 0 fully saturated rings. The zero-order valence-corrected chi connectivity index (χ0v) is 11.3. The molecule has 0 heterocycles. The maximum atomic E-state index is 9.87. The Kier molecular flexibility index (Phi) is 12.4. The summed E-state index contributed by atoms with van der Waals surface area (Å²) in [6, 6.07) is 0. The fraction of sp³-hybridized carbons (Fsp3) is 0.818. The summed E-state index contributed by atoms with van der Waals surface area (Å²) in [6.07, 6.45) is -10.5. The van der Waals surface area contributed by atoms with Crippen molar-refractivity contribution in [2.75, 3.05) is 6.61 Å². The zero-order chi connectivity index (χ0) is 17.2. The lowest BCUT2D eigenvalue weighted by atomic mass is 10.1. The molecule has 21 heavy (non-hydrogen) atoms. The van der Waals surface area contributed by atoms with Gasteiger partial charge in [-0.25, -0.2) is 0 Å². The second kappa shape index (κ2) is 11.7. The van der Waals surface area contributed by atoms with E-state index in [9.17, 15) is 9.59 Å². The molecule has 0 bridgehead atoms. The van der Waals surface area contributed by atoms with E-state index in [4.69, 9.17) is 40.9 Å². The van der Waals surface area contributed by atoms with Crippen molar-refractivity contribution in [3.05, 3.63) is 0 Å². The van der Waals surface area contributed by atoms with Crippen LogP contribution in [0.1, 0.15) is 6.92 Å². The van der Waals surface area contributed by atoms with Crippen LogP contribution in [0, 0.1) is 0 Å². The highest BCUT2D eigenvalue weighted by atomic mass is 16.4. The van der Waals surface area contributed by atoms with Gasteiger partial charge in [0.25, 0.3) is 0 Å². The van der Waals surface area contributed by atoms with Crippen molar-refractivity contribution in [1.82, 2.24) is 0 Å². The summed E-state index contributed by atoms with van der Waals surface area (Å²) in [7, 11) is 0. The molecule has 7 atom stereocenters. The van der Waals surface area contributed by atoms with Crippen LogP contribution < -0.4 is 0 Å². The summed E-state index contributed by atoms with van der Waals surface area (Å²) in [4.78, 5) is 19.6. The van der Waals surface area contributed by atoms with Crippen molar-refractivity contribution < 1.29 is 50.4 Å². The quantitative estimate of drug-likeness (QED) is 0.201. The highest BCUT2D eigenvalue weighted by molar-refractivity contribution is 5.57. The number of carbonyl (C=O) groups excluding carboxylic acids is 2. The molecule has 0 spiro atoms. The molecule has 0 rings (SSSR count). The summed E-state index contributed by atoms with van der Waals surface area (Å²) in [6.45, 7) is 0.553. The highest BCUT2D eigenvalue weighted by Crippen LogP contribution is 2.02. The monoisotopic (exact) mass is 314 g/mol. The SMILES string of the molecule is C[C@H](O)[C@@H](O)[C@@H](O)[C@H](O)C=O.O=C[C@H](O)[C@@H](O)[C@@H](O)CO. The molecular weight excluding hydrogens is 292 g/mol. The van der Waals surface area contributed by atoms with E-state index in [0.717, 1.165) is 0 Å². The molecule has 8 N–H and O–H groups in total. The molecule has 0 saturated carbocycles. The maximum absolute atomic E-state index is 9.87. The Hall–Kier alpha value is -0.980. The first kappa shape index (κ1) is 22.3. The number of aldehydes is 2. The predicted octanol–water partition coefficient (Wildman–Crippen LogP) is -5.09. The maximum Gasteiger partial charge on any atom is 0.151 e. The first-order valence-electron chi connectivity index (χ1n) is 5.91. The molecule has 0 aromatic rings. The van der Waals surface area contributed by atoms with E-state index >= 15 is 0 Å². The van der Waals surface area contributed by atoms with Crippen molar-refractivity contribution in [2.45, 2.75) is 49.7 Å². The van der Waals surface area contributed by atoms with E-state index in [-0.39, 0.29) is 12.6 Å². The number of hydrogen-bond acceptors (Lipinski definition) is 10. The zero-order valence-electron chi connectivity index (χ0n) is 11.3. The van der Waals surface area contributed by atoms with Crippen molar-refractivity contribution in [1.29, 1.82) is 0 Å². The average molecular weight is 314 g/mol. The molecule has 0 aliphatic rings. The molecule has 0 aliphatic heterocycles. The van der Waals surface area contributed by atoms with Gasteiger partial charge in [0, 0.05) is 0 Å². The molecule has 0 radical (unpaired) electrons. The van der Waals surface area contributed by atoms with Gasteiger partial charge in [-0.2, -0.15) is 0 Å². The van der Waals surface area contributed by atoms with Crippen LogP contribution in [-0.2, 0) is 9.59 Å². The highest BCUT2D eigenvalue weighted by Gasteiger charge is 2.27.